The molecule has 0 saturated carbocycles. The molecular weight excluding hydrogens is 416 g/mol. The number of halogens is 1. The molecule has 0 saturated heterocycles. The lowest BCUT2D eigenvalue weighted by molar-refractivity contribution is -0.120. The zero-order chi connectivity index (χ0) is 19.3. The summed E-state index contributed by atoms with van der Waals surface area (Å²) < 4.78 is 26.5. The predicted octanol–water partition coefficient (Wildman–Crippen LogP) is 3.79. The lowest BCUT2D eigenvalue weighted by Gasteiger charge is -2.24. The number of amides is 1. The van der Waals surface area contributed by atoms with Crippen molar-refractivity contribution in [3.05, 3.63) is 64.1 Å². The number of aryl methyl sites for hydroxylation is 1. The Labute approximate surface area is 163 Å². The van der Waals surface area contributed by atoms with Gasteiger partial charge >= 0.3 is 0 Å². The highest BCUT2D eigenvalue weighted by Crippen LogP contribution is 2.24. The van der Waals surface area contributed by atoms with Crippen LogP contribution < -0.4 is 9.62 Å². The number of hydrogen-bond donors (Lipinski definition) is 1. The van der Waals surface area contributed by atoms with Gasteiger partial charge in [-0.15, -0.1) is 0 Å². The Morgan fingerprint density at radius 2 is 1.85 bits per heavy atom. The first-order chi connectivity index (χ1) is 12.2. The molecule has 7 heteroatoms. The molecular formula is C19H23BrN2O3S. The molecule has 0 aliphatic carbocycles. The molecule has 0 spiro atoms. The number of sulfonamides is 1. The Bertz CT molecular complexity index is 870. The van der Waals surface area contributed by atoms with E-state index in [4.69, 9.17) is 0 Å². The third kappa shape index (κ3) is 5.32. The first-order valence-corrected chi connectivity index (χ1v) is 10.9. The Kier molecular flexibility index (Phi) is 6.83. The summed E-state index contributed by atoms with van der Waals surface area (Å²) in [6.07, 6.45) is 1.82. The van der Waals surface area contributed by atoms with Crippen molar-refractivity contribution in [2.45, 2.75) is 26.3 Å². The summed E-state index contributed by atoms with van der Waals surface area (Å²) in [5.41, 5.74) is 2.36. The average Bonchev–Trinajstić information content (AvgIpc) is 2.60. The summed E-state index contributed by atoms with van der Waals surface area (Å²) in [6, 6.07) is 14.7. The molecule has 140 valence electrons. The van der Waals surface area contributed by atoms with Gasteiger partial charge in [0, 0.05) is 4.47 Å². The summed E-state index contributed by atoms with van der Waals surface area (Å²) in [5, 5.41) is 2.93. The molecule has 2 aromatic rings. The van der Waals surface area contributed by atoms with Crippen molar-refractivity contribution in [3.63, 3.8) is 0 Å². The van der Waals surface area contributed by atoms with Crippen LogP contribution in [-0.4, -0.2) is 27.1 Å². The lowest BCUT2D eigenvalue weighted by Crippen LogP contribution is -2.41. The zero-order valence-corrected chi connectivity index (χ0v) is 17.5. The van der Waals surface area contributed by atoms with Crippen molar-refractivity contribution >= 4 is 37.5 Å². The Hall–Kier alpha value is -1.86. The van der Waals surface area contributed by atoms with Gasteiger partial charge in [-0.1, -0.05) is 53.2 Å². The molecule has 0 aliphatic rings. The van der Waals surface area contributed by atoms with Gasteiger partial charge in [0.1, 0.15) is 6.54 Å². The van der Waals surface area contributed by atoms with Crippen molar-refractivity contribution in [3.8, 4) is 0 Å². The van der Waals surface area contributed by atoms with Crippen LogP contribution in [0.5, 0.6) is 0 Å². The third-order valence-electron chi connectivity index (χ3n) is 4.06. The molecule has 2 aromatic carbocycles. The summed E-state index contributed by atoms with van der Waals surface area (Å²) in [7, 11) is -3.59. The molecule has 1 N–H and O–H groups in total. The van der Waals surface area contributed by atoms with E-state index < -0.39 is 10.0 Å². The maximum atomic E-state index is 12.5. The van der Waals surface area contributed by atoms with Crippen molar-refractivity contribution in [2.75, 3.05) is 17.1 Å². The first-order valence-electron chi connectivity index (χ1n) is 8.30. The number of carbonyl (C=O) groups is 1. The van der Waals surface area contributed by atoms with E-state index in [9.17, 15) is 13.2 Å². The van der Waals surface area contributed by atoms with E-state index >= 15 is 0 Å². The molecule has 5 nitrogen and oxygen atoms in total. The van der Waals surface area contributed by atoms with Gasteiger partial charge in [-0.25, -0.2) is 8.42 Å². The number of hydrogen-bond acceptors (Lipinski definition) is 3. The topological polar surface area (TPSA) is 66.5 Å². The van der Waals surface area contributed by atoms with E-state index in [2.05, 4.69) is 21.2 Å². The second-order valence-corrected chi connectivity index (χ2v) is 8.90. The zero-order valence-electron chi connectivity index (χ0n) is 15.1. The van der Waals surface area contributed by atoms with Crippen LogP contribution in [0.2, 0.25) is 0 Å². The van der Waals surface area contributed by atoms with Crippen LogP contribution in [0.15, 0.2) is 53.0 Å². The number of nitrogens with zero attached hydrogens (tertiary/aromatic N) is 1. The number of rotatable bonds is 7. The van der Waals surface area contributed by atoms with Crippen LogP contribution in [0.4, 0.5) is 5.69 Å². The van der Waals surface area contributed by atoms with Crippen LogP contribution >= 0.6 is 15.9 Å². The smallest absolute Gasteiger partial charge is 0.241 e. The van der Waals surface area contributed by atoms with Gasteiger partial charge in [-0.2, -0.15) is 0 Å². The summed E-state index contributed by atoms with van der Waals surface area (Å²) >= 11 is 3.40. The molecule has 0 bridgehead atoms. The largest absolute Gasteiger partial charge is 0.348 e. The summed E-state index contributed by atoms with van der Waals surface area (Å²) in [4.78, 5) is 12.5. The van der Waals surface area contributed by atoms with Crippen LogP contribution in [0, 0.1) is 6.92 Å². The number of nitrogens with one attached hydrogen (secondary N) is 1. The minimum atomic E-state index is -3.59. The molecule has 0 fully saturated rings. The highest BCUT2D eigenvalue weighted by molar-refractivity contribution is 9.10. The van der Waals surface area contributed by atoms with Gasteiger partial charge < -0.3 is 5.32 Å². The predicted molar refractivity (Wildman–Crippen MR) is 109 cm³/mol. The highest BCUT2D eigenvalue weighted by atomic mass is 79.9. The molecule has 1 atom stereocenters. The Morgan fingerprint density at radius 3 is 2.38 bits per heavy atom. The van der Waals surface area contributed by atoms with Crippen molar-refractivity contribution in [1.82, 2.24) is 5.32 Å². The van der Waals surface area contributed by atoms with Crippen molar-refractivity contribution in [2.24, 2.45) is 0 Å². The quantitative estimate of drug-likeness (QED) is 0.714. The van der Waals surface area contributed by atoms with Crippen LogP contribution in [0.1, 0.15) is 30.5 Å². The van der Waals surface area contributed by atoms with Gasteiger partial charge in [0.15, 0.2) is 0 Å². The number of anilines is 1. The van der Waals surface area contributed by atoms with Gasteiger partial charge in [-0.05, 0) is 42.7 Å². The molecule has 0 heterocycles. The molecule has 1 unspecified atom stereocenters. The fourth-order valence-electron chi connectivity index (χ4n) is 2.66. The van der Waals surface area contributed by atoms with Crippen molar-refractivity contribution < 1.29 is 13.2 Å². The number of carbonyl (C=O) groups excluding carboxylic acids is 1. The minimum Gasteiger partial charge on any atom is -0.348 e. The van der Waals surface area contributed by atoms with E-state index in [0.29, 0.717) is 12.1 Å². The van der Waals surface area contributed by atoms with Crippen LogP contribution in [-0.2, 0) is 14.8 Å². The van der Waals surface area contributed by atoms with E-state index in [1.807, 2.05) is 44.2 Å². The number of benzene rings is 2. The fourth-order valence-corrected chi connectivity index (χ4v) is 3.76. The van der Waals surface area contributed by atoms with E-state index in [1.165, 1.54) is 0 Å². The SMILES string of the molecule is CCC(NC(=O)CN(c1ccc(Br)c(C)c1)S(C)(=O)=O)c1ccccc1. The standard InChI is InChI=1S/C19H23BrN2O3S/c1-4-18(15-8-6-5-7-9-15)21-19(23)13-22(26(3,24)25)16-10-11-17(20)14(2)12-16/h5-12,18H,4,13H2,1-3H3,(H,21,23). The van der Waals surface area contributed by atoms with E-state index in [0.717, 1.165) is 26.2 Å². The Morgan fingerprint density at radius 1 is 1.19 bits per heavy atom. The molecule has 0 aliphatic heterocycles. The molecule has 0 aromatic heterocycles. The van der Waals surface area contributed by atoms with Crippen molar-refractivity contribution in [1.29, 1.82) is 0 Å². The maximum absolute atomic E-state index is 12.5. The van der Waals surface area contributed by atoms with Gasteiger partial charge in [0.2, 0.25) is 15.9 Å². The fraction of sp³-hybridized carbons (Fsp3) is 0.316. The van der Waals surface area contributed by atoms with Gasteiger partial charge in [-0.3, -0.25) is 9.10 Å². The normalized spacial score (nSPS) is 12.5. The molecule has 2 rings (SSSR count). The monoisotopic (exact) mass is 438 g/mol. The summed E-state index contributed by atoms with van der Waals surface area (Å²) in [5.74, 6) is -0.341. The summed E-state index contributed by atoms with van der Waals surface area (Å²) in [6.45, 7) is 3.59. The molecule has 1 amide bonds. The first kappa shape index (κ1) is 20.5. The van der Waals surface area contributed by atoms with Gasteiger partial charge in [0.05, 0.1) is 18.0 Å². The van der Waals surface area contributed by atoms with Crippen LogP contribution in [0.3, 0.4) is 0 Å². The highest BCUT2D eigenvalue weighted by Gasteiger charge is 2.22. The second-order valence-electron chi connectivity index (χ2n) is 6.14. The Balaban J connectivity index is 2.20. The van der Waals surface area contributed by atoms with E-state index in [1.54, 1.807) is 18.2 Å². The third-order valence-corrected chi connectivity index (χ3v) is 6.09. The van der Waals surface area contributed by atoms with Crippen LogP contribution in [0.25, 0.3) is 0 Å². The van der Waals surface area contributed by atoms with E-state index in [-0.39, 0.29) is 18.5 Å². The lowest BCUT2D eigenvalue weighted by atomic mass is 10.0. The maximum Gasteiger partial charge on any atom is 0.241 e. The second kappa shape index (κ2) is 8.68. The average molecular weight is 439 g/mol. The molecule has 0 radical (unpaired) electrons. The van der Waals surface area contributed by atoms with Gasteiger partial charge in [0.25, 0.3) is 0 Å². The molecule has 26 heavy (non-hydrogen) atoms. The minimum absolute atomic E-state index is 0.156.